The molecule has 1 N–H and O–H groups in total. The van der Waals surface area contributed by atoms with Crippen LogP contribution in [0, 0.1) is 5.92 Å². The van der Waals surface area contributed by atoms with E-state index in [4.69, 9.17) is 4.42 Å². The average Bonchev–Trinajstić information content (AvgIpc) is 2.63. The molecular formula is C9H9NO3. The molecule has 1 atom stereocenters. The highest BCUT2D eigenvalue weighted by molar-refractivity contribution is 6.03. The van der Waals surface area contributed by atoms with Crippen LogP contribution in [0.25, 0.3) is 0 Å². The van der Waals surface area contributed by atoms with Crippen LogP contribution in [0.15, 0.2) is 22.8 Å². The van der Waals surface area contributed by atoms with Gasteiger partial charge in [-0.2, -0.15) is 0 Å². The minimum Gasteiger partial charge on any atom is -0.469 e. The number of imide groups is 1. The van der Waals surface area contributed by atoms with Crippen molar-refractivity contribution in [2.24, 2.45) is 5.92 Å². The van der Waals surface area contributed by atoms with Gasteiger partial charge in [0.2, 0.25) is 11.8 Å². The molecule has 2 rings (SSSR count). The lowest BCUT2D eigenvalue weighted by molar-refractivity contribution is -0.125. The van der Waals surface area contributed by atoms with Gasteiger partial charge in [0.1, 0.15) is 5.76 Å². The number of furan rings is 1. The quantitative estimate of drug-likeness (QED) is 0.672. The highest BCUT2D eigenvalue weighted by atomic mass is 16.3. The molecule has 1 aromatic heterocycles. The fraction of sp³-hybridized carbons (Fsp3) is 0.333. The monoisotopic (exact) mass is 179 g/mol. The molecule has 2 amide bonds. The van der Waals surface area contributed by atoms with Crippen molar-refractivity contribution in [3.05, 3.63) is 24.2 Å². The van der Waals surface area contributed by atoms with Crippen LogP contribution in [0.1, 0.15) is 12.2 Å². The van der Waals surface area contributed by atoms with E-state index in [1.807, 2.05) is 0 Å². The van der Waals surface area contributed by atoms with Crippen LogP contribution in [-0.4, -0.2) is 11.8 Å². The first-order valence-corrected chi connectivity index (χ1v) is 4.12. The third-order valence-electron chi connectivity index (χ3n) is 2.09. The summed E-state index contributed by atoms with van der Waals surface area (Å²) in [7, 11) is 0. The van der Waals surface area contributed by atoms with E-state index < -0.39 is 0 Å². The average molecular weight is 179 g/mol. The molecule has 0 saturated carbocycles. The highest BCUT2D eigenvalue weighted by Gasteiger charge is 2.30. The predicted molar refractivity (Wildman–Crippen MR) is 43.7 cm³/mol. The molecule has 68 valence electrons. The van der Waals surface area contributed by atoms with E-state index in [0.717, 1.165) is 5.76 Å². The SMILES string of the molecule is O=C1CC(Cc2ccco2)C(=O)N1. The molecule has 13 heavy (non-hydrogen) atoms. The van der Waals surface area contributed by atoms with Crippen molar-refractivity contribution in [2.75, 3.05) is 0 Å². The summed E-state index contributed by atoms with van der Waals surface area (Å²) >= 11 is 0. The van der Waals surface area contributed by atoms with Crippen molar-refractivity contribution in [3.63, 3.8) is 0 Å². The first-order chi connectivity index (χ1) is 6.25. The van der Waals surface area contributed by atoms with E-state index in [1.54, 1.807) is 18.4 Å². The normalized spacial score (nSPS) is 22.0. The minimum absolute atomic E-state index is 0.193. The summed E-state index contributed by atoms with van der Waals surface area (Å²) in [5, 5.41) is 2.26. The summed E-state index contributed by atoms with van der Waals surface area (Å²) in [4.78, 5) is 22.0. The van der Waals surface area contributed by atoms with Gasteiger partial charge < -0.3 is 4.42 Å². The van der Waals surface area contributed by atoms with E-state index in [9.17, 15) is 9.59 Å². The Hall–Kier alpha value is -1.58. The maximum absolute atomic E-state index is 11.1. The zero-order valence-electron chi connectivity index (χ0n) is 6.95. The first kappa shape index (κ1) is 8.04. The molecule has 0 aromatic carbocycles. The molecule has 0 radical (unpaired) electrons. The zero-order chi connectivity index (χ0) is 9.26. The zero-order valence-corrected chi connectivity index (χ0v) is 6.95. The molecule has 1 unspecified atom stereocenters. The molecule has 2 heterocycles. The molecule has 0 aliphatic carbocycles. The topological polar surface area (TPSA) is 59.3 Å². The van der Waals surface area contributed by atoms with Gasteiger partial charge in [0.05, 0.1) is 12.2 Å². The first-order valence-electron chi connectivity index (χ1n) is 4.12. The predicted octanol–water partition coefficient (Wildman–Crippen LogP) is 0.485. The largest absolute Gasteiger partial charge is 0.469 e. The van der Waals surface area contributed by atoms with Gasteiger partial charge in [-0.05, 0) is 12.1 Å². The standard InChI is InChI=1S/C9H9NO3/c11-8-5-6(9(12)10-8)4-7-2-1-3-13-7/h1-3,6H,4-5H2,(H,10,11,12). The van der Waals surface area contributed by atoms with Gasteiger partial charge in [-0.25, -0.2) is 0 Å². The number of carbonyl (C=O) groups is 2. The molecular weight excluding hydrogens is 170 g/mol. The smallest absolute Gasteiger partial charge is 0.230 e. The van der Waals surface area contributed by atoms with Crippen molar-refractivity contribution in [1.29, 1.82) is 0 Å². The Bertz CT molecular complexity index is 329. The molecule has 1 aliphatic rings. The Balaban J connectivity index is 2.03. The molecule has 1 aliphatic heterocycles. The lowest BCUT2D eigenvalue weighted by Gasteiger charge is -2.01. The van der Waals surface area contributed by atoms with Gasteiger partial charge in [0.15, 0.2) is 0 Å². The molecule has 0 bridgehead atoms. The van der Waals surface area contributed by atoms with Crippen LogP contribution in [-0.2, 0) is 16.0 Å². The number of amides is 2. The van der Waals surface area contributed by atoms with Crippen molar-refractivity contribution >= 4 is 11.8 Å². The number of nitrogens with one attached hydrogen (secondary N) is 1. The third-order valence-corrected chi connectivity index (χ3v) is 2.09. The maximum Gasteiger partial charge on any atom is 0.230 e. The van der Waals surface area contributed by atoms with Crippen molar-refractivity contribution in [2.45, 2.75) is 12.8 Å². The minimum atomic E-state index is -0.251. The van der Waals surface area contributed by atoms with E-state index >= 15 is 0 Å². The van der Waals surface area contributed by atoms with Crippen molar-refractivity contribution in [1.82, 2.24) is 5.32 Å². The van der Waals surface area contributed by atoms with Gasteiger partial charge in [-0.1, -0.05) is 0 Å². The number of hydrogen-bond acceptors (Lipinski definition) is 3. The van der Waals surface area contributed by atoms with E-state index in [2.05, 4.69) is 5.32 Å². The van der Waals surface area contributed by atoms with Gasteiger partial charge in [0, 0.05) is 12.8 Å². The molecule has 1 saturated heterocycles. The van der Waals surface area contributed by atoms with Crippen LogP contribution < -0.4 is 5.32 Å². The molecule has 1 fully saturated rings. The van der Waals surface area contributed by atoms with Crippen LogP contribution in [0.3, 0.4) is 0 Å². The summed E-state index contributed by atoms with van der Waals surface area (Å²) in [6.45, 7) is 0. The lowest BCUT2D eigenvalue weighted by atomic mass is 10.0. The van der Waals surface area contributed by atoms with E-state index in [-0.39, 0.29) is 24.2 Å². The highest BCUT2D eigenvalue weighted by Crippen LogP contribution is 2.17. The molecule has 4 heteroatoms. The molecule has 1 aromatic rings. The summed E-state index contributed by atoms with van der Waals surface area (Å²) in [6.07, 6.45) is 2.34. The van der Waals surface area contributed by atoms with E-state index in [1.165, 1.54) is 0 Å². The Morgan fingerprint density at radius 2 is 2.38 bits per heavy atom. The van der Waals surface area contributed by atoms with Crippen LogP contribution >= 0.6 is 0 Å². The van der Waals surface area contributed by atoms with Crippen molar-refractivity contribution in [3.8, 4) is 0 Å². The Morgan fingerprint density at radius 3 is 2.92 bits per heavy atom. The van der Waals surface area contributed by atoms with Crippen LogP contribution in [0.5, 0.6) is 0 Å². The van der Waals surface area contributed by atoms with Crippen molar-refractivity contribution < 1.29 is 14.0 Å². The van der Waals surface area contributed by atoms with Gasteiger partial charge >= 0.3 is 0 Å². The fourth-order valence-electron chi connectivity index (χ4n) is 1.44. The fourth-order valence-corrected chi connectivity index (χ4v) is 1.44. The van der Waals surface area contributed by atoms with Gasteiger partial charge in [0.25, 0.3) is 0 Å². The summed E-state index contributed by atoms with van der Waals surface area (Å²) < 4.78 is 5.09. The van der Waals surface area contributed by atoms with Gasteiger partial charge in [-0.15, -0.1) is 0 Å². The summed E-state index contributed by atoms with van der Waals surface area (Å²) in [6, 6.07) is 3.57. The van der Waals surface area contributed by atoms with E-state index in [0.29, 0.717) is 6.42 Å². The second-order valence-corrected chi connectivity index (χ2v) is 3.10. The number of rotatable bonds is 2. The maximum atomic E-state index is 11.1. The van der Waals surface area contributed by atoms with Crippen LogP contribution in [0.4, 0.5) is 0 Å². The molecule has 0 spiro atoms. The summed E-state index contributed by atoms with van der Waals surface area (Å²) in [5.74, 6) is 0.108. The third kappa shape index (κ3) is 1.61. The Kier molecular flexibility index (Phi) is 1.88. The summed E-state index contributed by atoms with van der Waals surface area (Å²) in [5.41, 5.74) is 0. The Labute approximate surface area is 74.9 Å². The van der Waals surface area contributed by atoms with Gasteiger partial charge in [-0.3, -0.25) is 14.9 Å². The van der Waals surface area contributed by atoms with Crippen LogP contribution in [0.2, 0.25) is 0 Å². The second-order valence-electron chi connectivity index (χ2n) is 3.10. The molecule has 4 nitrogen and oxygen atoms in total. The second kappa shape index (κ2) is 3.05. The Morgan fingerprint density at radius 1 is 1.54 bits per heavy atom. The number of carbonyl (C=O) groups excluding carboxylic acids is 2. The number of hydrogen-bond donors (Lipinski definition) is 1. The lowest BCUT2D eigenvalue weighted by Crippen LogP contribution is -2.22.